The number of rotatable bonds is 4. The minimum Gasteiger partial charge on any atom is -0.310 e. The lowest BCUT2D eigenvalue weighted by Crippen LogP contribution is -2.30. The normalized spacial score (nSPS) is 11.4. The van der Waals surface area contributed by atoms with Gasteiger partial charge in [0.25, 0.3) is 0 Å². The fourth-order valence-corrected chi connectivity index (χ4v) is 1.73. The molecule has 0 aliphatic rings. The molecule has 0 unspecified atom stereocenters. The molecule has 18 heavy (non-hydrogen) atoms. The van der Waals surface area contributed by atoms with Crippen molar-refractivity contribution >= 4 is 35.5 Å². The predicted molar refractivity (Wildman–Crippen MR) is 78.8 cm³/mol. The van der Waals surface area contributed by atoms with Gasteiger partial charge in [-0.1, -0.05) is 20.8 Å². The van der Waals surface area contributed by atoms with Crippen molar-refractivity contribution < 1.29 is 4.79 Å². The van der Waals surface area contributed by atoms with E-state index in [2.05, 4.69) is 26.2 Å². The Morgan fingerprint density at radius 3 is 2.67 bits per heavy atom. The monoisotopic (exact) mass is 308 g/mol. The predicted octanol–water partition coefficient (Wildman–Crippen LogP) is 3.20. The summed E-state index contributed by atoms with van der Waals surface area (Å²) in [6, 6.07) is 1.84. The molecule has 0 aliphatic carbocycles. The number of hydrogen-bond donors (Lipinski definition) is 1. The summed E-state index contributed by atoms with van der Waals surface area (Å²) in [5.41, 5.74) is 1.36. The lowest BCUT2D eigenvalue weighted by Gasteiger charge is -2.21. The van der Waals surface area contributed by atoms with E-state index < -0.39 is 5.41 Å². The second kappa shape index (κ2) is 5.87. The van der Waals surface area contributed by atoms with Gasteiger partial charge in [-0.25, -0.2) is 4.98 Å². The summed E-state index contributed by atoms with van der Waals surface area (Å²) in [5, 5.41) is 2.85. The quantitative estimate of drug-likeness (QED) is 0.868. The van der Waals surface area contributed by atoms with Crippen LogP contribution in [0.2, 0.25) is 0 Å². The second-order valence-electron chi connectivity index (χ2n) is 4.98. The number of aryl methyl sites for hydroxylation is 1. The number of aromatic nitrogens is 1. The Labute approximate surface area is 118 Å². The highest BCUT2D eigenvalue weighted by atomic mass is 79.9. The summed E-state index contributed by atoms with van der Waals surface area (Å²) < 4.78 is 0.901. The van der Waals surface area contributed by atoms with E-state index >= 15 is 0 Å². The van der Waals surface area contributed by atoms with E-state index in [0.29, 0.717) is 12.1 Å². The molecule has 5 heteroatoms. The molecule has 1 heterocycles. The van der Waals surface area contributed by atoms with Crippen molar-refractivity contribution in [1.82, 2.24) is 4.98 Å². The molecule has 0 spiro atoms. The molecule has 1 N–H and O–H groups in total. The van der Waals surface area contributed by atoms with E-state index in [9.17, 15) is 4.79 Å². The number of nitrogens with one attached hydrogen (secondary N) is 1. The maximum atomic E-state index is 12.1. The van der Waals surface area contributed by atoms with Crippen molar-refractivity contribution in [3.05, 3.63) is 21.8 Å². The number of hydrogen-bond acceptors (Lipinski definition) is 2. The molecule has 2 radical (unpaired) electrons. The van der Waals surface area contributed by atoms with Gasteiger partial charge in [0, 0.05) is 15.6 Å². The van der Waals surface area contributed by atoms with Crippen molar-refractivity contribution in [3.63, 3.8) is 0 Å². The summed E-state index contributed by atoms with van der Waals surface area (Å²) in [6.07, 6.45) is 1.11. The summed E-state index contributed by atoms with van der Waals surface area (Å²) in [4.78, 5) is 16.4. The van der Waals surface area contributed by atoms with E-state index in [0.717, 1.165) is 22.2 Å². The molecular formula is C13H18BBrN2O. The van der Waals surface area contributed by atoms with Crippen LogP contribution in [0.25, 0.3) is 0 Å². The molecule has 0 atom stereocenters. The Morgan fingerprint density at radius 2 is 2.17 bits per heavy atom. The minimum absolute atomic E-state index is 0.0257. The van der Waals surface area contributed by atoms with Crippen LogP contribution in [-0.2, 0) is 11.1 Å². The molecule has 0 saturated heterocycles. The van der Waals surface area contributed by atoms with Gasteiger partial charge in [-0.2, -0.15) is 0 Å². The summed E-state index contributed by atoms with van der Waals surface area (Å²) in [6.45, 7) is 7.77. The molecule has 0 aromatic carbocycles. The molecule has 0 bridgehead atoms. The van der Waals surface area contributed by atoms with Crippen molar-refractivity contribution in [2.75, 3.05) is 5.32 Å². The zero-order valence-corrected chi connectivity index (χ0v) is 12.9. The molecule has 0 aliphatic heterocycles. The fraction of sp³-hybridized carbons (Fsp3) is 0.538. The highest BCUT2D eigenvalue weighted by molar-refractivity contribution is 9.10. The van der Waals surface area contributed by atoms with E-state index in [1.165, 1.54) is 0 Å². The van der Waals surface area contributed by atoms with Crippen LogP contribution in [0, 0.1) is 12.3 Å². The lowest BCUT2D eigenvalue weighted by molar-refractivity contribution is -0.124. The maximum Gasteiger partial charge on any atom is 0.231 e. The largest absolute Gasteiger partial charge is 0.310 e. The first-order chi connectivity index (χ1) is 8.31. The molecular weight excluding hydrogens is 291 g/mol. The molecule has 1 aromatic rings. The fourth-order valence-electron chi connectivity index (χ4n) is 1.37. The number of carbonyl (C=O) groups is 1. The summed E-state index contributed by atoms with van der Waals surface area (Å²) >= 11 is 3.44. The second-order valence-corrected chi connectivity index (χ2v) is 5.77. The van der Waals surface area contributed by atoms with Gasteiger partial charge in [0.2, 0.25) is 5.91 Å². The Bertz CT molecular complexity index is 461. The molecule has 0 saturated carbocycles. The van der Waals surface area contributed by atoms with Gasteiger partial charge in [-0.05, 0) is 47.2 Å². The van der Waals surface area contributed by atoms with Gasteiger partial charge in [0.15, 0.2) is 0 Å². The topological polar surface area (TPSA) is 42.0 Å². The average molecular weight is 309 g/mol. The maximum absolute atomic E-state index is 12.1. The number of pyridine rings is 1. The Kier molecular flexibility index (Phi) is 4.96. The third kappa shape index (κ3) is 3.34. The first-order valence-corrected chi connectivity index (χ1v) is 6.78. The van der Waals surface area contributed by atoms with E-state index in [1.807, 2.05) is 33.8 Å². The van der Waals surface area contributed by atoms with Gasteiger partial charge in [-0.3, -0.25) is 4.79 Å². The number of halogens is 1. The first-order valence-electron chi connectivity index (χ1n) is 5.99. The molecule has 1 amide bonds. The third-order valence-electron chi connectivity index (χ3n) is 3.14. The number of anilines is 1. The zero-order valence-electron chi connectivity index (χ0n) is 11.3. The Morgan fingerprint density at radius 1 is 1.56 bits per heavy atom. The van der Waals surface area contributed by atoms with Crippen LogP contribution >= 0.6 is 15.9 Å². The highest BCUT2D eigenvalue weighted by Crippen LogP contribution is 2.25. The number of amides is 1. The summed E-state index contributed by atoms with van der Waals surface area (Å²) in [5.74, 6) is 0.532. The van der Waals surface area contributed by atoms with E-state index in [-0.39, 0.29) is 5.91 Å². The zero-order chi connectivity index (χ0) is 13.9. The molecule has 1 aromatic heterocycles. The third-order valence-corrected chi connectivity index (χ3v) is 4.22. The van der Waals surface area contributed by atoms with Gasteiger partial charge in [-0.15, -0.1) is 0 Å². The molecule has 96 valence electrons. The Hall–Kier alpha value is -0.835. The van der Waals surface area contributed by atoms with E-state index in [1.54, 1.807) is 0 Å². The smallest absolute Gasteiger partial charge is 0.231 e. The van der Waals surface area contributed by atoms with Crippen LogP contribution in [0.4, 0.5) is 5.82 Å². The SMILES string of the molecule is [B]Cc1nc(NC(=O)C(C)(C)CC)cc(C)c1Br. The van der Waals surface area contributed by atoms with Crippen LogP contribution in [0.1, 0.15) is 38.4 Å². The molecule has 3 nitrogen and oxygen atoms in total. The van der Waals surface area contributed by atoms with Crippen LogP contribution in [0.15, 0.2) is 10.5 Å². The van der Waals surface area contributed by atoms with Crippen molar-refractivity contribution in [1.29, 1.82) is 0 Å². The van der Waals surface area contributed by atoms with Gasteiger partial charge in [0.1, 0.15) is 5.82 Å². The average Bonchev–Trinajstić information content (AvgIpc) is 2.33. The highest BCUT2D eigenvalue weighted by Gasteiger charge is 2.25. The molecule has 0 fully saturated rings. The lowest BCUT2D eigenvalue weighted by atomic mass is 9.89. The van der Waals surface area contributed by atoms with Crippen LogP contribution in [-0.4, -0.2) is 18.7 Å². The van der Waals surface area contributed by atoms with Gasteiger partial charge in [0.05, 0.1) is 7.85 Å². The first kappa shape index (κ1) is 15.2. The number of carbonyl (C=O) groups excluding carboxylic acids is 1. The molecule has 1 rings (SSSR count). The van der Waals surface area contributed by atoms with Gasteiger partial charge >= 0.3 is 0 Å². The van der Waals surface area contributed by atoms with Crippen LogP contribution in [0.3, 0.4) is 0 Å². The number of nitrogens with zero attached hydrogens (tertiary/aromatic N) is 1. The summed E-state index contributed by atoms with van der Waals surface area (Å²) in [7, 11) is 5.63. The standard InChI is InChI=1S/C13H18BBrN2O/c1-5-13(3,4)12(18)17-10-6-8(2)11(15)9(7-14)16-10/h6H,5,7H2,1-4H3,(H,16,17,18). The van der Waals surface area contributed by atoms with Gasteiger partial charge < -0.3 is 5.32 Å². The van der Waals surface area contributed by atoms with Crippen LogP contribution < -0.4 is 5.32 Å². The minimum atomic E-state index is -0.397. The van der Waals surface area contributed by atoms with E-state index in [4.69, 9.17) is 7.85 Å². The Balaban J connectivity index is 2.99. The van der Waals surface area contributed by atoms with Crippen molar-refractivity contribution in [3.8, 4) is 0 Å². The van der Waals surface area contributed by atoms with Crippen LogP contribution in [0.5, 0.6) is 0 Å². The van der Waals surface area contributed by atoms with Crippen molar-refractivity contribution in [2.24, 2.45) is 5.41 Å². The van der Waals surface area contributed by atoms with Crippen molar-refractivity contribution in [2.45, 2.75) is 40.4 Å².